The first-order chi connectivity index (χ1) is 13.4. The topological polar surface area (TPSA) is 95.6 Å². The van der Waals surface area contributed by atoms with Gasteiger partial charge < -0.3 is 10.6 Å². The summed E-state index contributed by atoms with van der Waals surface area (Å²) in [7, 11) is -2.29. The molecule has 0 aliphatic heterocycles. The van der Waals surface area contributed by atoms with Crippen LogP contribution in [0.1, 0.15) is 42.7 Å². The average molecular weight is 418 g/mol. The molecule has 2 rings (SSSR count). The standard InChI is InChI=1S/C21H27N3O4S/c1-21(2,3)23-19(25)16-13-9-10-14-17(16)22-20(26)18(24(4)29(5,27)28)15-11-7-6-8-12-15/h6-14,18H,1-5H3,(H,22,26)(H,23,25)/t18-/m0/s1. The van der Waals surface area contributed by atoms with Crippen molar-refractivity contribution in [2.24, 2.45) is 0 Å². The van der Waals surface area contributed by atoms with Crippen LogP contribution in [0.2, 0.25) is 0 Å². The highest BCUT2D eigenvalue weighted by Gasteiger charge is 2.31. The first-order valence-electron chi connectivity index (χ1n) is 9.10. The Hall–Kier alpha value is -2.71. The fourth-order valence-corrected chi connectivity index (χ4v) is 3.35. The van der Waals surface area contributed by atoms with Crippen LogP contribution < -0.4 is 10.6 Å². The minimum Gasteiger partial charge on any atom is -0.347 e. The van der Waals surface area contributed by atoms with Crippen molar-refractivity contribution in [3.8, 4) is 0 Å². The molecule has 1 atom stereocenters. The summed E-state index contributed by atoms with van der Waals surface area (Å²) in [6, 6.07) is 14.1. The molecule has 0 aliphatic carbocycles. The molecular weight excluding hydrogens is 390 g/mol. The van der Waals surface area contributed by atoms with Gasteiger partial charge in [-0.1, -0.05) is 42.5 Å². The van der Waals surface area contributed by atoms with Crippen LogP contribution in [0.5, 0.6) is 0 Å². The number of nitrogens with zero attached hydrogens (tertiary/aromatic N) is 1. The van der Waals surface area contributed by atoms with Crippen molar-refractivity contribution in [3.63, 3.8) is 0 Å². The van der Waals surface area contributed by atoms with Crippen molar-refractivity contribution in [1.29, 1.82) is 0 Å². The number of hydrogen-bond acceptors (Lipinski definition) is 4. The number of para-hydroxylation sites is 1. The van der Waals surface area contributed by atoms with Gasteiger partial charge in [-0.2, -0.15) is 4.31 Å². The summed E-state index contributed by atoms with van der Waals surface area (Å²) in [5, 5.41) is 5.58. The van der Waals surface area contributed by atoms with Crippen LogP contribution in [0.25, 0.3) is 0 Å². The number of anilines is 1. The van der Waals surface area contributed by atoms with E-state index in [4.69, 9.17) is 0 Å². The van der Waals surface area contributed by atoms with Crippen LogP contribution in [-0.4, -0.2) is 43.4 Å². The zero-order chi connectivity index (χ0) is 21.8. The third kappa shape index (κ3) is 6.13. The van der Waals surface area contributed by atoms with Gasteiger partial charge in [0, 0.05) is 12.6 Å². The molecule has 0 spiro atoms. The second-order valence-corrected chi connectivity index (χ2v) is 9.87. The molecule has 29 heavy (non-hydrogen) atoms. The quantitative estimate of drug-likeness (QED) is 0.755. The van der Waals surface area contributed by atoms with Gasteiger partial charge in [0.05, 0.1) is 17.5 Å². The van der Waals surface area contributed by atoms with E-state index in [1.165, 1.54) is 7.05 Å². The molecule has 2 aromatic rings. The normalized spacial score (nSPS) is 13.0. The lowest BCUT2D eigenvalue weighted by atomic mass is 10.0. The van der Waals surface area contributed by atoms with Crippen molar-refractivity contribution in [2.75, 3.05) is 18.6 Å². The van der Waals surface area contributed by atoms with Gasteiger partial charge in [-0.3, -0.25) is 9.59 Å². The Kier molecular flexibility index (Phi) is 6.81. The van der Waals surface area contributed by atoms with E-state index in [1.807, 2.05) is 20.8 Å². The van der Waals surface area contributed by atoms with E-state index in [2.05, 4.69) is 10.6 Å². The Morgan fingerprint density at radius 2 is 1.52 bits per heavy atom. The summed E-state index contributed by atoms with van der Waals surface area (Å²) in [5.74, 6) is -0.888. The molecule has 0 aromatic heterocycles. The lowest BCUT2D eigenvalue weighted by Gasteiger charge is -2.26. The summed E-state index contributed by atoms with van der Waals surface area (Å²) < 4.78 is 25.2. The Morgan fingerprint density at radius 1 is 0.966 bits per heavy atom. The zero-order valence-corrected chi connectivity index (χ0v) is 18.1. The van der Waals surface area contributed by atoms with Gasteiger partial charge in [-0.05, 0) is 38.5 Å². The van der Waals surface area contributed by atoms with Crippen LogP contribution in [-0.2, 0) is 14.8 Å². The average Bonchev–Trinajstić information content (AvgIpc) is 2.61. The second kappa shape index (κ2) is 8.75. The van der Waals surface area contributed by atoms with Crippen molar-refractivity contribution < 1.29 is 18.0 Å². The second-order valence-electron chi connectivity index (χ2n) is 7.83. The molecule has 2 amide bonds. The Bertz CT molecular complexity index is 982. The molecule has 0 aliphatic rings. The Morgan fingerprint density at radius 3 is 2.07 bits per heavy atom. The van der Waals surface area contributed by atoms with Gasteiger partial charge in [0.25, 0.3) is 5.91 Å². The third-order valence-electron chi connectivity index (χ3n) is 4.17. The monoisotopic (exact) mass is 417 g/mol. The number of nitrogens with one attached hydrogen (secondary N) is 2. The van der Waals surface area contributed by atoms with E-state index in [-0.39, 0.29) is 5.91 Å². The van der Waals surface area contributed by atoms with Gasteiger partial charge in [-0.25, -0.2) is 8.42 Å². The predicted octanol–water partition coefficient (Wildman–Crippen LogP) is 2.79. The van der Waals surface area contributed by atoms with E-state index in [9.17, 15) is 18.0 Å². The molecule has 7 nitrogen and oxygen atoms in total. The minimum absolute atomic E-state index is 0.296. The van der Waals surface area contributed by atoms with Gasteiger partial charge in [-0.15, -0.1) is 0 Å². The van der Waals surface area contributed by atoms with Crippen molar-refractivity contribution in [1.82, 2.24) is 9.62 Å². The molecular formula is C21H27N3O4S. The number of likely N-dealkylation sites (N-methyl/N-ethyl adjacent to an activating group) is 1. The van der Waals surface area contributed by atoms with Crippen LogP contribution in [0, 0.1) is 0 Å². The highest BCUT2D eigenvalue weighted by molar-refractivity contribution is 7.88. The van der Waals surface area contributed by atoms with E-state index in [0.717, 1.165) is 10.6 Å². The highest BCUT2D eigenvalue weighted by Crippen LogP contribution is 2.25. The van der Waals surface area contributed by atoms with Crippen LogP contribution in [0.15, 0.2) is 54.6 Å². The van der Waals surface area contributed by atoms with E-state index >= 15 is 0 Å². The molecule has 2 aromatic carbocycles. The number of carbonyl (C=O) groups is 2. The molecule has 2 N–H and O–H groups in total. The van der Waals surface area contributed by atoms with Gasteiger partial charge in [0.15, 0.2) is 0 Å². The molecule has 0 radical (unpaired) electrons. The molecule has 8 heteroatoms. The number of benzene rings is 2. The van der Waals surface area contributed by atoms with Gasteiger partial charge in [0.2, 0.25) is 15.9 Å². The van der Waals surface area contributed by atoms with Crippen LogP contribution in [0.4, 0.5) is 5.69 Å². The molecule has 0 saturated heterocycles. The largest absolute Gasteiger partial charge is 0.347 e. The Balaban J connectivity index is 2.39. The Labute approximate surface area is 172 Å². The number of rotatable bonds is 6. The summed E-state index contributed by atoms with van der Waals surface area (Å²) in [6.45, 7) is 5.58. The van der Waals surface area contributed by atoms with Crippen molar-refractivity contribution >= 4 is 27.5 Å². The molecule has 0 fully saturated rings. The fourth-order valence-electron chi connectivity index (χ4n) is 2.75. The SMILES string of the molecule is CN([C@H](C(=O)Nc1ccccc1C(=O)NC(C)(C)C)c1ccccc1)S(C)(=O)=O. The maximum Gasteiger partial charge on any atom is 0.253 e. The van der Waals surface area contributed by atoms with E-state index in [1.54, 1.807) is 54.6 Å². The van der Waals surface area contributed by atoms with E-state index in [0.29, 0.717) is 16.8 Å². The molecule has 156 valence electrons. The summed E-state index contributed by atoms with van der Waals surface area (Å²) in [6.07, 6.45) is 1.04. The molecule has 0 bridgehead atoms. The summed E-state index contributed by atoms with van der Waals surface area (Å²) >= 11 is 0. The first-order valence-corrected chi connectivity index (χ1v) is 11.0. The van der Waals surface area contributed by atoms with Crippen molar-refractivity contribution in [2.45, 2.75) is 32.4 Å². The summed E-state index contributed by atoms with van der Waals surface area (Å²) in [5.41, 5.74) is 0.679. The number of amides is 2. The minimum atomic E-state index is -3.64. The predicted molar refractivity (Wildman–Crippen MR) is 114 cm³/mol. The first kappa shape index (κ1) is 22.6. The maximum atomic E-state index is 13.1. The smallest absolute Gasteiger partial charge is 0.253 e. The molecule has 0 heterocycles. The van der Waals surface area contributed by atoms with Crippen LogP contribution in [0.3, 0.4) is 0 Å². The number of carbonyl (C=O) groups excluding carboxylic acids is 2. The lowest BCUT2D eigenvalue weighted by Crippen LogP contribution is -2.41. The molecule has 0 unspecified atom stereocenters. The molecule has 0 saturated carbocycles. The highest BCUT2D eigenvalue weighted by atomic mass is 32.2. The summed E-state index contributed by atoms with van der Waals surface area (Å²) in [4.78, 5) is 25.7. The van der Waals surface area contributed by atoms with E-state index < -0.39 is 27.5 Å². The van der Waals surface area contributed by atoms with Crippen molar-refractivity contribution in [3.05, 3.63) is 65.7 Å². The van der Waals surface area contributed by atoms with Crippen LogP contribution >= 0.6 is 0 Å². The number of hydrogen-bond donors (Lipinski definition) is 2. The zero-order valence-electron chi connectivity index (χ0n) is 17.3. The fraction of sp³-hybridized carbons (Fsp3) is 0.333. The lowest BCUT2D eigenvalue weighted by molar-refractivity contribution is -0.119. The number of sulfonamides is 1. The third-order valence-corrected chi connectivity index (χ3v) is 5.43. The van der Waals surface area contributed by atoms with Gasteiger partial charge in [0.1, 0.15) is 6.04 Å². The maximum absolute atomic E-state index is 13.1. The van der Waals surface area contributed by atoms with Gasteiger partial charge >= 0.3 is 0 Å².